The molecule has 0 saturated carbocycles. The average molecular weight is 176 g/mol. The van der Waals surface area contributed by atoms with Gasteiger partial charge in [0.05, 0.1) is 0 Å². The van der Waals surface area contributed by atoms with E-state index in [4.69, 9.17) is 5.11 Å². The summed E-state index contributed by atoms with van der Waals surface area (Å²) in [5.74, 6) is 6.24. The van der Waals surface area contributed by atoms with Crippen LogP contribution in [0.3, 0.4) is 0 Å². The molecule has 1 aromatic rings. The van der Waals surface area contributed by atoms with Gasteiger partial charge in [-0.1, -0.05) is 11.8 Å². The zero-order valence-corrected chi connectivity index (χ0v) is 7.78. The van der Waals surface area contributed by atoms with Crippen molar-refractivity contribution >= 4 is 5.82 Å². The highest BCUT2D eigenvalue weighted by molar-refractivity contribution is 5.41. The maximum absolute atomic E-state index is 8.47. The van der Waals surface area contributed by atoms with Crippen molar-refractivity contribution in [1.29, 1.82) is 0 Å². The SMILES string of the molecule is CN(C)c1ccc(C#CCO)cn1. The molecule has 0 aromatic carbocycles. The van der Waals surface area contributed by atoms with Gasteiger partial charge < -0.3 is 10.0 Å². The van der Waals surface area contributed by atoms with E-state index >= 15 is 0 Å². The van der Waals surface area contributed by atoms with Crippen LogP contribution in [0.5, 0.6) is 0 Å². The Labute approximate surface area is 78.0 Å². The zero-order valence-electron chi connectivity index (χ0n) is 7.78. The molecule has 1 rings (SSSR count). The molecule has 3 nitrogen and oxygen atoms in total. The molecule has 0 unspecified atom stereocenters. The van der Waals surface area contributed by atoms with E-state index in [0.29, 0.717) is 0 Å². The number of aliphatic hydroxyl groups excluding tert-OH is 1. The van der Waals surface area contributed by atoms with E-state index in [9.17, 15) is 0 Å². The number of hydrogen-bond acceptors (Lipinski definition) is 3. The molecule has 0 aliphatic rings. The molecule has 0 aliphatic carbocycles. The second-order valence-electron chi connectivity index (χ2n) is 2.76. The normalized spacial score (nSPS) is 8.85. The zero-order chi connectivity index (χ0) is 9.68. The quantitative estimate of drug-likeness (QED) is 0.633. The first-order valence-electron chi connectivity index (χ1n) is 3.97. The van der Waals surface area contributed by atoms with E-state index < -0.39 is 0 Å². The van der Waals surface area contributed by atoms with Crippen molar-refractivity contribution in [3.8, 4) is 11.8 Å². The monoisotopic (exact) mass is 176 g/mol. The number of anilines is 1. The number of aromatic nitrogens is 1. The molecule has 0 atom stereocenters. The molecule has 0 fully saturated rings. The van der Waals surface area contributed by atoms with Gasteiger partial charge in [-0.05, 0) is 12.1 Å². The third kappa shape index (κ3) is 2.77. The predicted octanol–water partition coefficient (Wildman–Crippen LogP) is 0.491. The Bertz CT molecular complexity index is 319. The van der Waals surface area contributed by atoms with Crippen molar-refractivity contribution < 1.29 is 5.11 Å². The van der Waals surface area contributed by atoms with Gasteiger partial charge in [0.2, 0.25) is 0 Å². The topological polar surface area (TPSA) is 36.4 Å². The highest BCUT2D eigenvalue weighted by Crippen LogP contribution is 2.06. The Balaban J connectivity index is 2.81. The molecule has 0 bridgehead atoms. The molecule has 1 heterocycles. The third-order valence-electron chi connectivity index (χ3n) is 1.52. The molecule has 0 saturated heterocycles. The van der Waals surface area contributed by atoms with Gasteiger partial charge in [-0.3, -0.25) is 0 Å². The number of aliphatic hydroxyl groups is 1. The number of nitrogens with zero attached hydrogens (tertiary/aromatic N) is 2. The van der Waals surface area contributed by atoms with Crippen LogP contribution in [0.25, 0.3) is 0 Å². The summed E-state index contributed by atoms with van der Waals surface area (Å²) in [5.41, 5.74) is 0.819. The van der Waals surface area contributed by atoms with Crippen molar-refractivity contribution in [1.82, 2.24) is 4.98 Å². The highest BCUT2D eigenvalue weighted by Gasteiger charge is 1.94. The standard InChI is InChI=1S/C10H12N2O/c1-12(2)10-6-5-9(8-11-10)4-3-7-13/h5-6,8,13H,7H2,1-2H3. The summed E-state index contributed by atoms with van der Waals surface area (Å²) in [4.78, 5) is 6.09. The summed E-state index contributed by atoms with van der Waals surface area (Å²) in [7, 11) is 3.86. The summed E-state index contributed by atoms with van der Waals surface area (Å²) in [6.07, 6.45) is 1.69. The Kier molecular flexibility index (Phi) is 3.30. The Morgan fingerprint density at radius 1 is 1.46 bits per heavy atom. The molecule has 0 aliphatic heterocycles. The molecular weight excluding hydrogens is 164 g/mol. The summed E-state index contributed by atoms with van der Waals surface area (Å²) < 4.78 is 0. The van der Waals surface area contributed by atoms with Crippen LogP contribution in [0.2, 0.25) is 0 Å². The van der Waals surface area contributed by atoms with Crippen molar-refractivity contribution in [3.63, 3.8) is 0 Å². The lowest BCUT2D eigenvalue weighted by Crippen LogP contribution is -2.10. The van der Waals surface area contributed by atoms with Gasteiger partial charge in [-0.25, -0.2) is 4.98 Å². The molecule has 1 N–H and O–H groups in total. The molecule has 0 amide bonds. The molecular formula is C10H12N2O. The maximum Gasteiger partial charge on any atom is 0.128 e. The average Bonchev–Trinajstić information content (AvgIpc) is 2.15. The van der Waals surface area contributed by atoms with Crippen LogP contribution >= 0.6 is 0 Å². The van der Waals surface area contributed by atoms with Crippen LogP contribution in [0.4, 0.5) is 5.82 Å². The van der Waals surface area contributed by atoms with E-state index in [1.807, 2.05) is 31.1 Å². The molecule has 0 spiro atoms. The fourth-order valence-corrected chi connectivity index (χ4v) is 0.866. The summed E-state index contributed by atoms with van der Waals surface area (Å²) >= 11 is 0. The Morgan fingerprint density at radius 2 is 2.23 bits per heavy atom. The smallest absolute Gasteiger partial charge is 0.128 e. The van der Waals surface area contributed by atoms with E-state index in [1.54, 1.807) is 6.20 Å². The van der Waals surface area contributed by atoms with Gasteiger partial charge in [-0.2, -0.15) is 0 Å². The highest BCUT2D eigenvalue weighted by atomic mass is 16.2. The molecule has 13 heavy (non-hydrogen) atoms. The fraction of sp³-hybridized carbons (Fsp3) is 0.300. The summed E-state index contributed by atoms with van der Waals surface area (Å²) in [5, 5.41) is 8.47. The second kappa shape index (κ2) is 4.48. The van der Waals surface area contributed by atoms with Crippen LogP contribution in [0.1, 0.15) is 5.56 Å². The van der Waals surface area contributed by atoms with Crippen LogP contribution in [-0.4, -0.2) is 30.8 Å². The molecule has 68 valence electrons. The molecule has 1 aromatic heterocycles. The van der Waals surface area contributed by atoms with Crippen LogP contribution in [-0.2, 0) is 0 Å². The first kappa shape index (κ1) is 9.56. The van der Waals surface area contributed by atoms with Crippen LogP contribution < -0.4 is 4.90 Å². The first-order valence-corrected chi connectivity index (χ1v) is 3.97. The minimum Gasteiger partial charge on any atom is -0.384 e. The fourth-order valence-electron chi connectivity index (χ4n) is 0.866. The van der Waals surface area contributed by atoms with Gasteiger partial charge in [-0.15, -0.1) is 0 Å². The minimum atomic E-state index is -0.116. The van der Waals surface area contributed by atoms with Crippen molar-refractivity contribution in [2.75, 3.05) is 25.6 Å². The number of hydrogen-bond donors (Lipinski definition) is 1. The van der Waals surface area contributed by atoms with Gasteiger partial charge in [0.25, 0.3) is 0 Å². The van der Waals surface area contributed by atoms with E-state index in [2.05, 4.69) is 16.8 Å². The van der Waals surface area contributed by atoms with Crippen molar-refractivity contribution in [2.45, 2.75) is 0 Å². The lowest BCUT2D eigenvalue weighted by molar-refractivity contribution is 0.350. The molecule has 0 radical (unpaired) electrons. The van der Waals surface area contributed by atoms with E-state index in [0.717, 1.165) is 11.4 Å². The summed E-state index contributed by atoms with van der Waals surface area (Å²) in [6.45, 7) is -0.116. The Hall–Kier alpha value is -1.53. The van der Waals surface area contributed by atoms with Gasteiger partial charge >= 0.3 is 0 Å². The molecule has 3 heteroatoms. The predicted molar refractivity (Wildman–Crippen MR) is 52.5 cm³/mol. The second-order valence-corrected chi connectivity index (χ2v) is 2.76. The van der Waals surface area contributed by atoms with E-state index in [1.165, 1.54) is 0 Å². The Morgan fingerprint density at radius 3 is 2.69 bits per heavy atom. The summed E-state index contributed by atoms with van der Waals surface area (Å²) in [6, 6.07) is 3.77. The largest absolute Gasteiger partial charge is 0.384 e. The number of pyridine rings is 1. The van der Waals surface area contributed by atoms with Crippen molar-refractivity contribution in [3.05, 3.63) is 23.9 Å². The van der Waals surface area contributed by atoms with Crippen LogP contribution in [0.15, 0.2) is 18.3 Å². The lowest BCUT2D eigenvalue weighted by Gasteiger charge is -2.09. The van der Waals surface area contributed by atoms with Gasteiger partial charge in [0, 0.05) is 25.9 Å². The lowest BCUT2D eigenvalue weighted by atomic mass is 10.3. The minimum absolute atomic E-state index is 0.116. The van der Waals surface area contributed by atoms with Gasteiger partial charge in [0.1, 0.15) is 12.4 Å². The van der Waals surface area contributed by atoms with E-state index in [-0.39, 0.29) is 6.61 Å². The van der Waals surface area contributed by atoms with Gasteiger partial charge in [0.15, 0.2) is 0 Å². The first-order chi connectivity index (χ1) is 6.24. The van der Waals surface area contributed by atoms with Crippen LogP contribution in [0, 0.1) is 11.8 Å². The van der Waals surface area contributed by atoms with Crippen molar-refractivity contribution in [2.24, 2.45) is 0 Å². The third-order valence-corrected chi connectivity index (χ3v) is 1.52. The number of rotatable bonds is 1. The maximum atomic E-state index is 8.47.